The molecule has 0 aliphatic heterocycles. The number of fused-ring (bicyclic) bond motifs is 1. The second kappa shape index (κ2) is 6.11. The zero-order valence-corrected chi connectivity index (χ0v) is 12.3. The summed E-state index contributed by atoms with van der Waals surface area (Å²) in [4.78, 5) is 12.3. The summed E-state index contributed by atoms with van der Waals surface area (Å²) in [6.07, 6.45) is 0. The highest BCUT2D eigenvalue weighted by atomic mass is 32.2. The first-order valence-electron chi connectivity index (χ1n) is 6.34. The van der Waals surface area contributed by atoms with Gasteiger partial charge in [-0.15, -0.1) is 0 Å². The molecule has 2 aromatic carbocycles. The molecule has 0 aliphatic carbocycles. The molecule has 100 valence electrons. The number of hydrogen-bond donors (Lipinski definition) is 0. The minimum Gasteiger partial charge on any atom is -0.496 e. The maximum atomic E-state index is 12.3. The lowest BCUT2D eigenvalue weighted by molar-refractivity contribution is 0.102. The van der Waals surface area contributed by atoms with Crippen molar-refractivity contribution < 1.29 is 9.53 Å². The average Bonchev–Trinajstić information content (AvgIpc) is 2.43. The number of carbonyl (C=O) groups is 1. The standard InChI is InChI=1S/C16H18O2S/c1-11(2)19-10-15(17)13-8-9-16(18-3)14-7-5-4-6-12(13)14/h4-9,11H,10H2,1-3H3. The fraction of sp³-hybridized carbons (Fsp3) is 0.312. The number of ketones is 1. The summed E-state index contributed by atoms with van der Waals surface area (Å²) in [6.45, 7) is 4.20. The molecule has 0 amide bonds. The lowest BCUT2D eigenvalue weighted by Crippen LogP contribution is -2.06. The molecule has 0 bridgehead atoms. The molecular weight excluding hydrogens is 256 g/mol. The van der Waals surface area contributed by atoms with Crippen LogP contribution in [0.1, 0.15) is 24.2 Å². The lowest BCUT2D eigenvalue weighted by atomic mass is 10.0. The summed E-state index contributed by atoms with van der Waals surface area (Å²) >= 11 is 1.67. The van der Waals surface area contributed by atoms with Gasteiger partial charge in [0.15, 0.2) is 5.78 Å². The molecule has 0 atom stereocenters. The van der Waals surface area contributed by atoms with Crippen molar-refractivity contribution in [3.05, 3.63) is 42.0 Å². The highest BCUT2D eigenvalue weighted by molar-refractivity contribution is 8.00. The quantitative estimate of drug-likeness (QED) is 0.765. The van der Waals surface area contributed by atoms with Gasteiger partial charge in [0, 0.05) is 10.9 Å². The van der Waals surface area contributed by atoms with E-state index in [4.69, 9.17) is 4.74 Å². The highest BCUT2D eigenvalue weighted by Gasteiger charge is 2.13. The molecule has 0 aromatic heterocycles. The van der Waals surface area contributed by atoms with Gasteiger partial charge in [-0.3, -0.25) is 4.79 Å². The number of hydrogen-bond acceptors (Lipinski definition) is 3. The average molecular weight is 274 g/mol. The lowest BCUT2D eigenvalue weighted by Gasteiger charge is -2.10. The maximum Gasteiger partial charge on any atom is 0.173 e. The summed E-state index contributed by atoms with van der Waals surface area (Å²) < 4.78 is 5.34. The van der Waals surface area contributed by atoms with Crippen molar-refractivity contribution in [1.82, 2.24) is 0 Å². The van der Waals surface area contributed by atoms with Gasteiger partial charge in [-0.2, -0.15) is 11.8 Å². The van der Waals surface area contributed by atoms with Gasteiger partial charge in [0.05, 0.1) is 12.9 Å². The topological polar surface area (TPSA) is 26.3 Å². The first-order chi connectivity index (χ1) is 9.13. The fourth-order valence-electron chi connectivity index (χ4n) is 2.01. The molecule has 0 saturated carbocycles. The molecule has 0 spiro atoms. The number of rotatable bonds is 5. The van der Waals surface area contributed by atoms with Crippen molar-refractivity contribution in [3.8, 4) is 5.75 Å². The van der Waals surface area contributed by atoms with Crippen molar-refractivity contribution in [2.75, 3.05) is 12.9 Å². The number of benzene rings is 2. The molecule has 0 fully saturated rings. The van der Waals surface area contributed by atoms with Gasteiger partial charge in [0.1, 0.15) is 5.75 Å². The predicted octanol–water partition coefficient (Wildman–Crippen LogP) is 4.17. The van der Waals surface area contributed by atoms with Gasteiger partial charge in [-0.1, -0.05) is 38.1 Å². The molecule has 0 aliphatic rings. The molecule has 0 saturated heterocycles. The van der Waals surface area contributed by atoms with Crippen LogP contribution < -0.4 is 4.74 Å². The molecule has 0 N–H and O–H groups in total. The summed E-state index contributed by atoms with van der Waals surface area (Å²) in [5.74, 6) is 1.51. The van der Waals surface area contributed by atoms with Gasteiger partial charge >= 0.3 is 0 Å². The Kier molecular flexibility index (Phi) is 4.48. The van der Waals surface area contributed by atoms with Crippen LogP contribution in [0.3, 0.4) is 0 Å². The Morgan fingerprint density at radius 2 is 1.84 bits per heavy atom. The Morgan fingerprint density at radius 3 is 2.47 bits per heavy atom. The molecular formula is C16H18O2S. The van der Waals surface area contributed by atoms with E-state index in [9.17, 15) is 4.79 Å². The number of Topliss-reactive ketones (excluding diaryl/α,β-unsaturated/α-hetero) is 1. The van der Waals surface area contributed by atoms with Gasteiger partial charge in [-0.25, -0.2) is 0 Å². The number of ether oxygens (including phenoxy) is 1. The molecule has 2 nitrogen and oxygen atoms in total. The van der Waals surface area contributed by atoms with Crippen molar-refractivity contribution in [3.63, 3.8) is 0 Å². The maximum absolute atomic E-state index is 12.3. The summed E-state index contributed by atoms with van der Waals surface area (Å²) in [5, 5.41) is 2.43. The predicted molar refractivity (Wildman–Crippen MR) is 82.4 cm³/mol. The zero-order valence-electron chi connectivity index (χ0n) is 11.5. The SMILES string of the molecule is COc1ccc(C(=O)CSC(C)C)c2ccccc12. The first-order valence-corrected chi connectivity index (χ1v) is 7.39. The monoisotopic (exact) mass is 274 g/mol. The van der Waals surface area contributed by atoms with Crippen molar-refractivity contribution >= 4 is 28.3 Å². The van der Waals surface area contributed by atoms with Crippen LogP contribution in [0.4, 0.5) is 0 Å². The second-order valence-electron chi connectivity index (χ2n) is 4.64. The van der Waals surface area contributed by atoms with Gasteiger partial charge in [0.2, 0.25) is 0 Å². The van der Waals surface area contributed by atoms with E-state index in [0.29, 0.717) is 11.0 Å². The van der Waals surface area contributed by atoms with Crippen LogP contribution in [-0.2, 0) is 0 Å². The van der Waals surface area contributed by atoms with Gasteiger partial charge in [-0.05, 0) is 22.8 Å². The first kappa shape index (κ1) is 13.9. The van der Waals surface area contributed by atoms with Crippen LogP contribution >= 0.6 is 11.8 Å². The number of carbonyl (C=O) groups excluding carboxylic acids is 1. The molecule has 0 unspecified atom stereocenters. The third-order valence-electron chi connectivity index (χ3n) is 2.95. The fourth-order valence-corrected chi connectivity index (χ4v) is 2.65. The van der Waals surface area contributed by atoms with E-state index in [2.05, 4.69) is 13.8 Å². The van der Waals surface area contributed by atoms with Crippen molar-refractivity contribution in [2.45, 2.75) is 19.1 Å². The van der Waals surface area contributed by atoms with Gasteiger partial charge in [0.25, 0.3) is 0 Å². The molecule has 19 heavy (non-hydrogen) atoms. The normalized spacial score (nSPS) is 10.9. The third kappa shape index (κ3) is 3.10. The Labute approximate surface area is 118 Å². The van der Waals surface area contributed by atoms with E-state index in [-0.39, 0.29) is 5.78 Å². The van der Waals surface area contributed by atoms with Gasteiger partial charge < -0.3 is 4.74 Å². The smallest absolute Gasteiger partial charge is 0.173 e. The van der Waals surface area contributed by atoms with E-state index in [0.717, 1.165) is 22.1 Å². The summed E-state index contributed by atoms with van der Waals surface area (Å²) in [7, 11) is 1.65. The Morgan fingerprint density at radius 1 is 1.16 bits per heavy atom. The van der Waals surface area contributed by atoms with E-state index >= 15 is 0 Å². The number of thioether (sulfide) groups is 1. The zero-order chi connectivity index (χ0) is 13.8. The molecule has 0 heterocycles. The summed E-state index contributed by atoms with van der Waals surface area (Å²) in [6, 6.07) is 11.6. The van der Waals surface area contributed by atoms with E-state index in [1.807, 2.05) is 36.4 Å². The third-order valence-corrected chi connectivity index (χ3v) is 4.05. The van der Waals surface area contributed by atoms with E-state index < -0.39 is 0 Å². The Bertz CT molecular complexity index is 590. The molecule has 0 radical (unpaired) electrons. The van der Waals surface area contributed by atoms with Crippen LogP contribution in [0, 0.1) is 0 Å². The molecule has 2 rings (SSSR count). The van der Waals surface area contributed by atoms with Crippen LogP contribution in [0.15, 0.2) is 36.4 Å². The van der Waals surface area contributed by atoms with Crippen molar-refractivity contribution in [1.29, 1.82) is 0 Å². The minimum atomic E-state index is 0.178. The highest BCUT2D eigenvalue weighted by Crippen LogP contribution is 2.29. The Hall–Kier alpha value is -1.48. The number of methoxy groups -OCH3 is 1. The van der Waals surface area contributed by atoms with Crippen LogP contribution in [0.2, 0.25) is 0 Å². The van der Waals surface area contributed by atoms with E-state index in [1.54, 1.807) is 18.9 Å². The second-order valence-corrected chi connectivity index (χ2v) is 6.21. The van der Waals surface area contributed by atoms with Crippen LogP contribution in [0.25, 0.3) is 10.8 Å². The molecule has 3 heteroatoms. The van der Waals surface area contributed by atoms with Crippen LogP contribution in [-0.4, -0.2) is 23.9 Å². The minimum absolute atomic E-state index is 0.178. The molecule has 2 aromatic rings. The Balaban J connectivity index is 2.41. The van der Waals surface area contributed by atoms with E-state index in [1.165, 1.54) is 0 Å². The van der Waals surface area contributed by atoms with Crippen molar-refractivity contribution in [2.24, 2.45) is 0 Å². The van der Waals surface area contributed by atoms with Crippen LogP contribution in [0.5, 0.6) is 5.75 Å². The largest absolute Gasteiger partial charge is 0.496 e. The summed E-state index contributed by atoms with van der Waals surface area (Å²) in [5.41, 5.74) is 0.782.